The summed E-state index contributed by atoms with van der Waals surface area (Å²) in [5.74, 6) is 0.391. The first-order chi connectivity index (χ1) is 10.9. The summed E-state index contributed by atoms with van der Waals surface area (Å²) in [5, 5.41) is 6.23. The van der Waals surface area contributed by atoms with Crippen LogP contribution in [0.5, 0.6) is 0 Å². The Hall–Kier alpha value is -0.980. The fraction of sp³-hybridized carbons (Fsp3) is 0.765. The SMILES string of the molecule is Cc1nc(CCNC(=O)[C@@H](C(C)C)N2C[C@@H](C)O[C@@H](C)C2)cs1. The van der Waals surface area contributed by atoms with Gasteiger partial charge in [0.15, 0.2) is 0 Å². The number of hydrogen-bond donors (Lipinski definition) is 1. The number of thiazole rings is 1. The molecule has 1 fully saturated rings. The van der Waals surface area contributed by atoms with Crippen LogP contribution >= 0.6 is 11.3 Å². The summed E-state index contributed by atoms with van der Waals surface area (Å²) in [4.78, 5) is 19.4. The van der Waals surface area contributed by atoms with Gasteiger partial charge in [0.25, 0.3) is 0 Å². The van der Waals surface area contributed by atoms with Gasteiger partial charge in [-0.15, -0.1) is 11.3 Å². The Kier molecular flexibility index (Phi) is 6.56. The lowest BCUT2D eigenvalue weighted by Crippen LogP contribution is -2.57. The van der Waals surface area contributed by atoms with E-state index in [0.29, 0.717) is 6.54 Å². The monoisotopic (exact) mass is 339 g/mol. The summed E-state index contributed by atoms with van der Waals surface area (Å²) in [7, 11) is 0. The Labute approximate surface area is 143 Å². The van der Waals surface area contributed by atoms with Crippen LogP contribution in [0.15, 0.2) is 5.38 Å². The van der Waals surface area contributed by atoms with Gasteiger partial charge in [0, 0.05) is 31.4 Å². The van der Waals surface area contributed by atoms with E-state index < -0.39 is 0 Å². The lowest BCUT2D eigenvalue weighted by Gasteiger charge is -2.41. The average Bonchev–Trinajstić information content (AvgIpc) is 2.83. The standard InChI is InChI=1S/C17H29N3O2S/c1-11(2)16(20-8-12(3)22-13(4)9-20)17(21)18-7-6-15-10-23-14(5)19-15/h10-13,16H,6-9H2,1-5H3,(H,18,21)/t12-,13+,16-/m1/s1. The van der Waals surface area contributed by atoms with Gasteiger partial charge in [-0.05, 0) is 26.7 Å². The summed E-state index contributed by atoms with van der Waals surface area (Å²) in [6.45, 7) is 12.6. The minimum absolute atomic E-state index is 0.0963. The van der Waals surface area contributed by atoms with Gasteiger partial charge in [-0.1, -0.05) is 13.8 Å². The fourth-order valence-corrected chi connectivity index (χ4v) is 3.92. The predicted octanol–water partition coefficient (Wildman–Crippen LogP) is 2.24. The van der Waals surface area contributed by atoms with E-state index >= 15 is 0 Å². The molecule has 0 unspecified atom stereocenters. The first-order valence-corrected chi connectivity index (χ1v) is 9.33. The fourth-order valence-electron chi connectivity index (χ4n) is 3.28. The minimum atomic E-state index is -0.0963. The van der Waals surface area contributed by atoms with Gasteiger partial charge in [-0.25, -0.2) is 4.98 Å². The molecule has 0 spiro atoms. The van der Waals surface area contributed by atoms with Crippen molar-refractivity contribution in [2.75, 3.05) is 19.6 Å². The van der Waals surface area contributed by atoms with Crippen molar-refractivity contribution in [3.63, 3.8) is 0 Å². The first-order valence-electron chi connectivity index (χ1n) is 8.45. The molecule has 0 radical (unpaired) electrons. The number of morpholine rings is 1. The molecule has 3 atom stereocenters. The molecule has 2 heterocycles. The lowest BCUT2D eigenvalue weighted by atomic mass is 9.99. The molecule has 6 heteroatoms. The highest BCUT2D eigenvalue weighted by Crippen LogP contribution is 2.18. The number of amides is 1. The van der Waals surface area contributed by atoms with Crippen LogP contribution in [0.3, 0.4) is 0 Å². The van der Waals surface area contributed by atoms with E-state index in [9.17, 15) is 4.79 Å². The molecular formula is C17H29N3O2S. The number of rotatable bonds is 6. The second kappa shape index (κ2) is 8.22. The molecule has 0 saturated carbocycles. The molecule has 1 amide bonds. The Balaban J connectivity index is 1.90. The summed E-state index contributed by atoms with van der Waals surface area (Å²) in [6.07, 6.45) is 1.13. The van der Waals surface area contributed by atoms with Crippen molar-refractivity contribution in [2.45, 2.75) is 59.3 Å². The lowest BCUT2D eigenvalue weighted by molar-refractivity contribution is -0.135. The number of aryl methyl sites for hydroxylation is 1. The largest absolute Gasteiger partial charge is 0.373 e. The molecule has 5 nitrogen and oxygen atoms in total. The number of nitrogens with one attached hydrogen (secondary N) is 1. The van der Waals surface area contributed by atoms with E-state index in [1.54, 1.807) is 11.3 Å². The third-order valence-electron chi connectivity index (χ3n) is 4.09. The third kappa shape index (κ3) is 5.26. The topological polar surface area (TPSA) is 54.5 Å². The maximum atomic E-state index is 12.7. The Morgan fingerprint density at radius 2 is 2.09 bits per heavy atom. The summed E-state index contributed by atoms with van der Waals surface area (Å²) in [5.41, 5.74) is 1.06. The zero-order valence-corrected chi connectivity index (χ0v) is 15.7. The molecule has 1 N–H and O–H groups in total. The van der Waals surface area contributed by atoms with Crippen molar-refractivity contribution in [1.82, 2.24) is 15.2 Å². The van der Waals surface area contributed by atoms with Crippen molar-refractivity contribution in [1.29, 1.82) is 0 Å². The van der Waals surface area contributed by atoms with Crippen LogP contribution in [0.4, 0.5) is 0 Å². The zero-order valence-electron chi connectivity index (χ0n) is 14.8. The zero-order chi connectivity index (χ0) is 17.0. The maximum absolute atomic E-state index is 12.7. The van der Waals surface area contributed by atoms with E-state index in [2.05, 4.69) is 48.3 Å². The predicted molar refractivity (Wildman–Crippen MR) is 93.8 cm³/mol. The van der Waals surface area contributed by atoms with Crippen LogP contribution in [0.2, 0.25) is 0 Å². The molecule has 1 aromatic rings. The minimum Gasteiger partial charge on any atom is -0.373 e. The highest BCUT2D eigenvalue weighted by molar-refractivity contribution is 7.09. The molecule has 1 aromatic heterocycles. The molecule has 130 valence electrons. The van der Waals surface area contributed by atoms with Gasteiger partial charge in [-0.2, -0.15) is 0 Å². The quantitative estimate of drug-likeness (QED) is 0.864. The van der Waals surface area contributed by atoms with Gasteiger partial charge in [0.2, 0.25) is 5.91 Å². The van der Waals surface area contributed by atoms with E-state index in [4.69, 9.17) is 4.74 Å². The van der Waals surface area contributed by atoms with Crippen LogP contribution in [0.25, 0.3) is 0 Å². The van der Waals surface area contributed by atoms with Gasteiger partial charge >= 0.3 is 0 Å². The molecular weight excluding hydrogens is 310 g/mol. The third-order valence-corrected chi connectivity index (χ3v) is 4.91. The van der Waals surface area contributed by atoms with Crippen molar-refractivity contribution in [2.24, 2.45) is 5.92 Å². The second-order valence-electron chi connectivity index (χ2n) is 6.80. The number of nitrogens with zero attached hydrogens (tertiary/aromatic N) is 2. The van der Waals surface area contributed by atoms with E-state index in [1.807, 2.05) is 6.92 Å². The average molecular weight is 340 g/mol. The maximum Gasteiger partial charge on any atom is 0.237 e. The highest BCUT2D eigenvalue weighted by Gasteiger charge is 2.33. The van der Waals surface area contributed by atoms with Crippen LogP contribution in [-0.4, -0.2) is 53.7 Å². The molecule has 2 rings (SSSR count). The number of hydrogen-bond acceptors (Lipinski definition) is 5. The van der Waals surface area contributed by atoms with Gasteiger partial charge in [0.05, 0.1) is 29.0 Å². The number of carbonyl (C=O) groups is 1. The van der Waals surface area contributed by atoms with E-state index in [0.717, 1.165) is 30.2 Å². The van der Waals surface area contributed by atoms with Crippen molar-refractivity contribution >= 4 is 17.2 Å². The molecule has 1 saturated heterocycles. The van der Waals surface area contributed by atoms with Gasteiger partial charge in [0.1, 0.15) is 0 Å². The second-order valence-corrected chi connectivity index (χ2v) is 7.86. The van der Waals surface area contributed by atoms with Crippen LogP contribution in [0, 0.1) is 12.8 Å². The smallest absolute Gasteiger partial charge is 0.237 e. The van der Waals surface area contributed by atoms with E-state index in [-0.39, 0.29) is 30.1 Å². The van der Waals surface area contributed by atoms with Crippen LogP contribution in [-0.2, 0) is 16.0 Å². The molecule has 23 heavy (non-hydrogen) atoms. The molecule has 1 aliphatic rings. The van der Waals surface area contributed by atoms with Crippen LogP contribution < -0.4 is 5.32 Å². The normalized spacial score (nSPS) is 23.9. The Bertz CT molecular complexity index is 508. The van der Waals surface area contributed by atoms with Gasteiger partial charge in [-0.3, -0.25) is 9.69 Å². The summed E-state index contributed by atoms with van der Waals surface area (Å²) < 4.78 is 5.79. The Morgan fingerprint density at radius 3 is 2.61 bits per heavy atom. The molecule has 0 bridgehead atoms. The van der Waals surface area contributed by atoms with E-state index in [1.165, 1.54) is 0 Å². The van der Waals surface area contributed by atoms with Crippen molar-refractivity contribution in [3.05, 3.63) is 16.1 Å². The first kappa shape index (κ1) is 18.4. The van der Waals surface area contributed by atoms with Gasteiger partial charge < -0.3 is 10.1 Å². The summed E-state index contributed by atoms with van der Waals surface area (Å²) in [6, 6.07) is -0.0963. The summed E-state index contributed by atoms with van der Waals surface area (Å²) >= 11 is 1.65. The highest BCUT2D eigenvalue weighted by atomic mass is 32.1. The number of carbonyl (C=O) groups excluding carboxylic acids is 1. The molecule has 1 aliphatic heterocycles. The van der Waals surface area contributed by atoms with Crippen molar-refractivity contribution in [3.8, 4) is 0 Å². The Morgan fingerprint density at radius 1 is 1.43 bits per heavy atom. The number of ether oxygens (including phenoxy) is 1. The van der Waals surface area contributed by atoms with Crippen LogP contribution in [0.1, 0.15) is 38.4 Å². The molecule has 0 aliphatic carbocycles. The van der Waals surface area contributed by atoms with Crippen molar-refractivity contribution < 1.29 is 9.53 Å². The number of aromatic nitrogens is 1. The molecule has 0 aromatic carbocycles.